The second-order valence-corrected chi connectivity index (χ2v) is 5.14. The van der Waals surface area contributed by atoms with Crippen molar-refractivity contribution in [2.45, 2.75) is 18.3 Å². The van der Waals surface area contributed by atoms with Gasteiger partial charge in [0, 0.05) is 0 Å². The van der Waals surface area contributed by atoms with Crippen LogP contribution in [0.25, 0.3) is 0 Å². The first-order valence-corrected chi connectivity index (χ1v) is 6.73. The molecule has 1 unspecified atom stereocenters. The van der Waals surface area contributed by atoms with Crippen LogP contribution in [0.2, 0.25) is 0 Å². The molecule has 1 aliphatic heterocycles. The first-order chi connectivity index (χ1) is 11.2. The summed E-state index contributed by atoms with van der Waals surface area (Å²) in [7, 11) is 0. The average Bonchev–Trinajstić information content (AvgIpc) is 3.15. The molecular weight excluding hydrogens is 332 g/mol. The van der Waals surface area contributed by atoms with Gasteiger partial charge in [0.05, 0.1) is 18.4 Å². The van der Waals surface area contributed by atoms with E-state index in [1.165, 1.54) is 18.2 Å². The van der Waals surface area contributed by atoms with Crippen molar-refractivity contribution in [1.29, 1.82) is 0 Å². The summed E-state index contributed by atoms with van der Waals surface area (Å²) in [5, 5.41) is 13.7. The van der Waals surface area contributed by atoms with Crippen LogP contribution in [-0.2, 0) is 0 Å². The Morgan fingerprint density at radius 1 is 1.25 bits per heavy atom. The zero-order chi connectivity index (χ0) is 17.5. The van der Waals surface area contributed by atoms with Gasteiger partial charge in [-0.05, 0) is 29.8 Å². The lowest BCUT2D eigenvalue weighted by Gasteiger charge is -2.31. The van der Waals surface area contributed by atoms with Crippen molar-refractivity contribution in [2.75, 3.05) is 0 Å². The van der Waals surface area contributed by atoms with E-state index >= 15 is 0 Å². The molecule has 2 aromatic rings. The van der Waals surface area contributed by atoms with E-state index in [0.29, 0.717) is 0 Å². The van der Waals surface area contributed by atoms with Crippen LogP contribution in [0.1, 0.15) is 22.5 Å². The fourth-order valence-electron chi connectivity index (χ4n) is 2.29. The number of aliphatic hydroxyl groups is 1. The number of carbonyl (C=O) groups is 1. The summed E-state index contributed by atoms with van der Waals surface area (Å²) >= 11 is 0. The average molecular weight is 342 g/mol. The van der Waals surface area contributed by atoms with Crippen LogP contribution in [0.4, 0.5) is 17.6 Å². The summed E-state index contributed by atoms with van der Waals surface area (Å²) in [6, 6.07) is 6.99. The molecule has 9 heteroatoms. The predicted molar refractivity (Wildman–Crippen MR) is 73.4 cm³/mol. The smallest absolute Gasteiger partial charge is 0.438 e. The number of furan rings is 1. The largest absolute Gasteiger partial charge is 0.459 e. The Balaban J connectivity index is 2.03. The number of alkyl halides is 3. The van der Waals surface area contributed by atoms with E-state index in [9.17, 15) is 27.5 Å². The van der Waals surface area contributed by atoms with Crippen molar-refractivity contribution in [2.24, 2.45) is 5.10 Å². The zero-order valence-electron chi connectivity index (χ0n) is 11.9. The fraction of sp³-hybridized carbons (Fsp3) is 0.200. The topological polar surface area (TPSA) is 66.0 Å². The van der Waals surface area contributed by atoms with Crippen molar-refractivity contribution in [3.63, 3.8) is 0 Å². The zero-order valence-corrected chi connectivity index (χ0v) is 11.9. The van der Waals surface area contributed by atoms with Crippen molar-refractivity contribution in [3.8, 4) is 0 Å². The monoisotopic (exact) mass is 342 g/mol. The molecule has 1 atom stereocenters. The number of hydrogen-bond donors (Lipinski definition) is 1. The third-order valence-corrected chi connectivity index (χ3v) is 3.54. The molecule has 0 fully saturated rings. The van der Waals surface area contributed by atoms with Gasteiger partial charge in [-0.1, -0.05) is 12.1 Å². The van der Waals surface area contributed by atoms with Gasteiger partial charge in [-0.25, -0.2) is 4.39 Å². The highest BCUT2D eigenvalue weighted by molar-refractivity contribution is 6.04. The number of amides is 1. The SMILES string of the molecule is O=C(c1ccco1)N1N=C(c2ccc(F)cc2)CC1(O)C(F)(F)F. The van der Waals surface area contributed by atoms with E-state index in [2.05, 4.69) is 5.10 Å². The molecule has 1 aromatic heterocycles. The summed E-state index contributed by atoms with van der Waals surface area (Å²) < 4.78 is 57.8. The molecule has 1 amide bonds. The van der Waals surface area contributed by atoms with Gasteiger partial charge in [0.15, 0.2) is 5.76 Å². The molecule has 0 spiro atoms. The summed E-state index contributed by atoms with van der Waals surface area (Å²) in [5.41, 5.74) is -3.55. The summed E-state index contributed by atoms with van der Waals surface area (Å²) in [6.45, 7) is 0. The van der Waals surface area contributed by atoms with Crippen molar-refractivity contribution < 1.29 is 31.9 Å². The number of nitrogens with zero attached hydrogens (tertiary/aromatic N) is 2. The molecule has 0 bridgehead atoms. The Morgan fingerprint density at radius 3 is 2.46 bits per heavy atom. The van der Waals surface area contributed by atoms with Crippen LogP contribution in [0.15, 0.2) is 52.2 Å². The molecule has 24 heavy (non-hydrogen) atoms. The molecule has 1 aromatic carbocycles. The van der Waals surface area contributed by atoms with Crippen LogP contribution < -0.4 is 0 Å². The third-order valence-electron chi connectivity index (χ3n) is 3.54. The molecule has 2 heterocycles. The lowest BCUT2D eigenvalue weighted by Crippen LogP contribution is -2.56. The highest BCUT2D eigenvalue weighted by atomic mass is 19.4. The minimum atomic E-state index is -5.15. The maximum absolute atomic E-state index is 13.3. The first kappa shape index (κ1) is 16.2. The summed E-state index contributed by atoms with van der Waals surface area (Å²) in [5.74, 6) is -2.22. The minimum Gasteiger partial charge on any atom is -0.459 e. The molecule has 5 nitrogen and oxygen atoms in total. The molecule has 0 radical (unpaired) electrons. The van der Waals surface area contributed by atoms with Crippen molar-refractivity contribution in [1.82, 2.24) is 5.01 Å². The van der Waals surface area contributed by atoms with Gasteiger partial charge in [0.1, 0.15) is 5.82 Å². The van der Waals surface area contributed by atoms with Crippen LogP contribution in [0.3, 0.4) is 0 Å². The molecule has 0 saturated heterocycles. The number of hydrazone groups is 1. The Bertz CT molecular complexity index is 784. The molecule has 126 valence electrons. The van der Waals surface area contributed by atoms with Gasteiger partial charge < -0.3 is 9.52 Å². The van der Waals surface area contributed by atoms with Crippen LogP contribution >= 0.6 is 0 Å². The quantitative estimate of drug-likeness (QED) is 0.854. The van der Waals surface area contributed by atoms with Gasteiger partial charge in [0.25, 0.3) is 5.72 Å². The van der Waals surface area contributed by atoms with Crippen LogP contribution in [0.5, 0.6) is 0 Å². The highest BCUT2D eigenvalue weighted by Crippen LogP contribution is 2.42. The number of halogens is 4. The molecular formula is C15H10F4N2O3. The second kappa shape index (κ2) is 5.45. The third kappa shape index (κ3) is 2.56. The second-order valence-electron chi connectivity index (χ2n) is 5.14. The lowest BCUT2D eigenvalue weighted by atomic mass is 10.0. The van der Waals surface area contributed by atoms with E-state index < -0.39 is 35.8 Å². The highest BCUT2D eigenvalue weighted by Gasteiger charge is 2.63. The van der Waals surface area contributed by atoms with E-state index in [1.54, 1.807) is 0 Å². The van der Waals surface area contributed by atoms with Gasteiger partial charge in [0.2, 0.25) is 0 Å². The molecule has 0 aliphatic carbocycles. The molecule has 3 rings (SSSR count). The Morgan fingerprint density at radius 2 is 1.92 bits per heavy atom. The maximum atomic E-state index is 13.3. The van der Waals surface area contributed by atoms with E-state index in [0.717, 1.165) is 24.5 Å². The first-order valence-electron chi connectivity index (χ1n) is 6.73. The van der Waals surface area contributed by atoms with Gasteiger partial charge in [-0.2, -0.15) is 23.3 Å². The lowest BCUT2D eigenvalue weighted by molar-refractivity contribution is -0.297. The molecule has 1 N–H and O–H groups in total. The number of rotatable bonds is 2. The van der Waals surface area contributed by atoms with Gasteiger partial charge >= 0.3 is 12.1 Å². The number of benzene rings is 1. The minimum absolute atomic E-state index is 0.0511. The Hall–Kier alpha value is -2.68. The molecule has 0 saturated carbocycles. The number of carbonyl (C=O) groups excluding carboxylic acids is 1. The Kier molecular flexibility index (Phi) is 3.67. The van der Waals surface area contributed by atoms with Crippen LogP contribution in [0, 0.1) is 5.82 Å². The number of hydrogen-bond acceptors (Lipinski definition) is 4. The summed E-state index contributed by atoms with van der Waals surface area (Å²) in [6.07, 6.45) is -5.02. The van der Waals surface area contributed by atoms with Gasteiger partial charge in [-0.3, -0.25) is 4.79 Å². The normalized spacial score (nSPS) is 21.0. The standard InChI is InChI=1S/C15H10F4N2O3/c16-10-5-3-9(4-6-10)11-8-14(23,15(17,18)19)21(20-11)13(22)12-2-1-7-24-12/h1-7,23H,8H2. The van der Waals surface area contributed by atoms with E-state index in [1.807, 2.05) is 0 Å². The maximum Gasteiger partial charge on any atom is 0.438 e. The Labute approximate surface area is 132 Å². The van der Waals surface area contributed by atoms with Crippen molar-refractivity contribution in [3.05, 3.63) is 59.8 Å². The predicted octanol–water partition coefficient (Wildman–Crippen LogP) is 2.92. The van der Waals surface area contributed by atoms with Crippen molar-refractivity contribution >= 4 is 11.6 Å². The van der Waals surface area contributed by atoms with Gasteiger partial charge in [-0.15, -0.1) is 0 Å². The summed E-state index contributed by atoms with van der Waals surface area (Å²) in [4.78, 5) is 12.2. The fourth-order valence-corrected chi connectivity index (χ4v) is 2.29. The van der Waals surface area contributed by atoms with E-state index in [4.69, 9.17) is 4.42 Å². The van der Waals surface area contributed by atoms with Crippen LogP contribution in [-0.4, -0.2) is 33.6 Å². The molecule has 1 aliphatic rings. The van der Waals surface area contributed by atoms with E-state index in [-0.39, 0.29) is 16.3 Å².